The van der Waals surface area contributed by atoms with E-state index in [9.17, 15) is 0 Å². The van der Waals surface area contributed by atoms with Crippen LogP contribution < -0.4 is 5.32 Å². The first-order valence-corrected chi connectivity index (χ1v) is 7.49. The van der Waals surface area contributed by atoms with Crippen LogP contribution in [0.5, 0.6) is 0 Å². The molecule has 1 aromatic heterocycles. The van der Waals surface area contributed by atoms with Gasteiger partial charge in [0.25, 0.3) is 0 Å². The summed E-state index contributed by atoms with van der Waals surface area (Å²) in [7, 11) is 0. The van der Waals surface area contributed by atoms with Gasteiger partial charge >= 0.3 is 0 Å². The summed E-state index contributed by atoms with van der Waals surface area (Å²) in [4.78, 5) is 0. The van der Waals surface area contributed by atoms with Crippen molar-refractivity contribution in [3.8, 4) is 0 Å². The van der Waals surface area contributed by atoms with Gasteiger partial charge in [-0.3, -0.25) is 0 Å². The lowest BCUT2D eigenvalue weighted by molar-refractivity contribution is 0.577. The lowest BCUT2D eigenvalue weighted by atomic mass is 10.1. The molecule has 2 rings (SSSR count). The highest BCUT2D eigenvalue weighted by Gasteiger charge is 2.04. The van der Waals surface area contributed by atoms with Gasteiger partial charge in [0, 0.05) is 10.5 Å². The minimum atomic E-state index is 0.404. The summed E-state index contributed by atoms with van der Waals surface area (Å²) in [6.45, 7) is 3.23. The normalized spacial score (nSPS) is 12.6. The largest absolute Gasteiger partial charge is 0.310 e. The molecule has 1 N–H and O–H groups in total. The Bertz CT molecular complexity index is 436. The first kappa shape index (κ1) is 12.8. The van der Waals surface area contributed by atoms with Crippen LogP contribution in [0.3, 0.4) is 0 Å². The van der Waals surface area contributed by atoms with Crippen LogP contribution in [0.2, 0.25) is 0 Å². The Balaban J connectivity index is 1.81. The van der Waals surface area contributed by atoms with Crippen molar-refractivity contribution in [1.29, 1.82) is 0 Å². The van der Waals surface area contributed by atoms with Gasteiger partial charge in [0.2, 0.25) is 0 Å². The van der Waals surface area contributed by atoms with Crippen LogP contribution in [0, 0.1) is 0 Å². The Hall–Kier alpha value is -0.640. The van der Waals surface area contributed by atoms with E-state index in [1.54, 1.807) is 11.3 Å². The number of halogens is 1. The predicted molar refractivity (Wildman–Crippen MR) is 78.6 cm³/mol. The van der Waals surface area contributed by atoms with Gasteiger partial charge in [0.05, 0.1) is 0 Å². The van der Waals surface area contributed by atoms with Crippen molar-refractivity contribution in [2.24, 2.45) is 0 Å². The highest BCUT2D eigenvalue weighted by molar-refractivity contribution is 9.10. The monoisotopic (exact) mass is 309 g/mol. The molecule has 0 bridgehead atoms. The maximum atomic E-state index is 3.55. The molecule has 1 unspecified atom stereocenters. The van der Waals surface area contributed by atoms with Crippen molar-refractivity contribution in [1.82, 2.24) is 5.32 Å². The fourth-order valence-electron chi connectivity index (χ4n) is 1.74. The molecule has 0 aliphatic heterocycles. The zero-order valence-electron chi connectivity index (χ0n) is 9.82. The molecule has 0 amide bonds. The molecule has 1 aromatic carbocycles. The quantitative estimate of drug-likeness (QED) is 0.863. The minimum Gasteiger partial charge on any atom is -0.310 e. The number of hydrogen-bond donors (Lipinski definition) is 1. The highest BCUT2D eigenvalue weighted by Crippen LogP contribution is 2.16. The molecule has 1 nitrogen and oxygen atoms in total. The van der Waals surface area contributed by atoms with Crippen LogP contribution >= 0.6 is 27.3 Å². The van der Waals surface area contributed by atoms with Crippen molar-refractivity contribution in [3.63, 3.8) is 0 Å². The van der Waals surface area contributed by atoms with E-state index in [0.717, 1.165) is 17.4 Å². The van der Waals surface area contributed by atoms with Crippen molar-refractivity contribution >= 4 is 27.3 Å². The molecule has 0 aliphatic carbocycles. The van der Waals surface area contributed by atoms with Crippen LogP contribution in [-0.2, 0) is 6.42 Å². The Morgan fingerprint density at radius 3 is 2.65 bits per heavy atom. The zero-order valence-corrected chi connectivity index (χ0v) is 12.2. The number of thiophene rings is 1. The van der Waals surface area contributed by atoms with Crippen LogP contribution in [0.15, 0.2) is 45.6 Å². The third kappa shape index (κ3) is 3.95. The molecule has 90 valence electrons. The standard InChI is InChI=1S/C14H16BrNS/c1-11(13-2-4-14(15)5-3-13)16-8-6-12-7-9-17-10-12/h2-5,7,9-11,16H,6,8H2,1H3. The van der Waals surface area contributed by atoms with E-state index in [1.807, 2.05) is 0 Å². The summed E-state index contributed by atoms with van der Waals surface area (Å²) in [5.41, 5.74) is 2.75. The smallest absolute Gasteiger partial charge is 0.0291 e. The van der Waals surface area contributed by atoms with E-state index in [-0.39, 0.29) is 0 Å². The molecule has 2 aromatic rings. The van der Waals surface area contributed by atoms with E-state index in [1.165, 1.54) is 11.1 Å². The SMILES string of the molecule is CC(NCCc1ccsc1)c1ccc(Br)cc1. The Morgan fingerprint density at radius 2 is 2.00 bits per heavy atom. The Morgan fingerprint density at radius 1 is 1.24 bits per heavy atom. The summed E-state index contributed by atoms with van der Waals surface area (Å²) < 4.78 is 1.13. The van der Waals surface area contributed by atoms with E-state index in [4.69, 9.17) is 0 Å². The van der Waals surface area contributed by atoms with Crippen molar-refractivity contribution in [2.45, 2.75) is 19.4 Å². The summed E-state index contributed by atoms with van der Waals surface area (Å²) in [5.74, 6) is 0. The molecule has 0 saturated heterocycles. The summed E-state index contributed by atoms with van der Waals surface area (Å²) in [6, 6.07) is 11.1. The third-order valence-electron chi connectivity index (χ3n) is 2.81. The van der Waals surface area contributed by atoms with Gasteiger partial charge in [0.1, 0.15) is 0 Å². The summed E-state index contributed by atoms with van der Waals surface area (Å²) >= 11 is 5.22. The summed E-state index contributed by atoms with van der Waals surface area (Å²) in [6.07, 6.45) is 1.10. The number of nitrogens with one attached hydrogen (secondary N) is 1. The molecular weight excluding hydrogens is 294 g/mol. The second-order valence-electron chi connectivity index (χ2n) is 4.11. The number of hydrogen-bond acceptors (Lipinski definition) is 2. The predicted octanol–water partition coefficient (Wildman–Crippen LogP) is 4.40. The first-order chi connectivity index (χ1) is 8.25. The van der Waals surface area contributed by atoms with Gasteiger partial charge in [-0.1, -0.05) is 28.1 Å². The molecule has 0 fully saturated rings. The molecule has 0 radical (unpaired) electrons. The fourth-order valence-corrected chi connectivity index (χ4v) is 2.70. The van der Waals surface area contributed by atoms with Gasteiger partial charge in [-0.15, -0.1) is 0 Å². The van der Waals surface area contributed by atoms with Crippen LogP contribution in [0.1, 0.15) is 24.1 Å². The molecule has 0 saturated carbocycles. The first-order valence-electron chi connectivity index (χ1n) is 5.75. The second kappa shape index (κ2) is 6.34. The van der Waals surface area contributed by atoms with E-state index >= 15 is 0 Å². The third-order valence-corrected chi connectivity index (χ3v) is 4.08. The zero-order chi connectivity index (χ0) is 12.1. The van der Waals surface area contributed by atoms with Crippen LogP contribution in [0.25, 0.3) is 0 Å². The molecule has 1 heterocycles. The minimum absolute atomic E-state index is 0.404. The van der Waals surface area contributed by atoms with Gasteiger partial charge in [-0.2, -0.15) is 11.3 Å². The van der Waals surface area contributed by atoms with Gasteiger partial charge in [-0.05, 0) is 60.0 Å². The number of rotatable bonds is 5. The van der Waals surface area contributed by atoms with Gasteiger partial charge in [-0.25, -0.2) is 0 Å². The van der Waals surface area contributed by atoms with Gasteiger partial charge in [0.15, 0.2) is 0 Å². The summed E-state index contributed by atoms with van der Waals surface area (Å²) in [5, 5.41) is 7.89. The van der Waals surface area contributed by atoms with E-state index < -0.39 is 0 Å². The Labute approximate surface area is 115 Å². The lowest BCUT2D eigenvalue weighted by Gasteiger charge is -2.14. The maximum Gasteiger partial charge on any atom is 0.0291 e. The molecular formula is C14H16BrNS. The van der Waals surface area contributed by atoms with Crippen LogP contribution in [0.4, 0.5) is 0 Å². The molecule has 17 heavy (non-hydrogen) atoms. The molecule has 1 atom stereocenters. The molecule has 0 spiro atoms. The lowest BCUT2D eigenvalue weighted by Crippen LogP contribution is -2.21. The van der Waals surface area contributed by atoms with E-state index in [2.05, 4.69) is 69.3 Å². The second-order valence-corrected chi connectivity index (χ2v) is 5.80. The topological polar surface area (TPSA) is 12.0 Å². The van der Waals surface area contributed by atoms with Gasteiger partial charge < -0.3 is 5.32 Å². The van der Waals surface area contributed by atoms with Crippen molar-refractivity contribution < 1.29 is 0 Å². The number of benzene rings is 1. The Kier molecular flexibility index (Phi) is 4.77. The molecule has 0 aliphatic rings. The maximum absolute atomic E-state index is 3.55. The molecule has 3 heteroatoms. The highest BCUT2D eigenvalue weighted by atomic mass is 79.9. The van der Waals surface area contributed by atoms with Crippen molar-refractivity contribution in [3.05, 3.63) is 56.7 Å². The van der Waals surface area contributed by atoms with Crippen molar-refractivity contribution in [2.75, 3.05) is 6.54 Å². The van der Waals surface area contributed by atoms with E-state index in [0.29, 0.717) is 6.04 Å². The van der Waals surface area contributed by atoms with Crippen LogP contribution in [-0.4, -0.2) is 6.54 Å². The average Bonchev–Trinajstić information content (AvgIpc) is 2.83. The average molecular weight is 310 g/mol. The fraction of sp³-hybridized carbons (Fsp3) is 0.286.